The molecular weight excluding hydrogens is 298 g/mol. The Morgan fingerprint density at radius 3 is 2.46 bits per heavy atom. The van der Waals surface area contributed by atoms with E-state index < -0.39 is 0 Å². The summed E-state index contributed by atoms with van der Waals surface area (Å²) in [5.74, 6) is 0.699. The number of hydrogen-bond acceptors (Lipinski definition) is 5. The monoisotopic (exact) mass is 313 g/mol. The van der Waals surface area contributed by atoms with Crippen LogP contribution in [0.3, 0.4) is 0 Å². The van der Waals surface area contributed by atoms with Gasteiger partial charge in [-0.2, -0.15) is 5.10 Å². The minimum absolute atomic E-state index is 0.699. The Hall–Kier alpha value is -3.34. The molecule has 1 N–H and O–H groups in total. The zero-order valence-electron chi connectivity index (χ0n) is 13.1. The van der Waals surface area contributed by atoms with Gasteiger partial charge < -0.3 is 0 Å². The molecule has 4 aromatic rings. The first-order valence-corrected chi connectivity index (χ1v) is 7.67. The van der Waals surface area contributed by atoms with Gasteiger partial charge >= 0.3 is 0 Å². The molecule has 0 radical (unpaired) electrons. The van der Waals surface area contributed by atoms with Crippen LogP contribution in [0, 0.1) is 0 Å². The third-order valence-corrected chi connectivity index (χ3v) is 3.81. The van der Waals surface area contributed by atoms with E-state index in [4.69, 9.17) is 4.98 Å². The van der Waals surface area contributed by atoms with E-state index in [0.717, 1.165) is 33.2 Å². The van der Waals surface area contributed by atoms with Crippen molar-refractivity contribution in [3.05, 3.63) is 72.7 Å². The molecule has 0 aliphatic heterocycles. The summed E-state index contributed by atoms with van der Waals surface area (Å²) in [5, 5.41) is 6.52. The van der Waals surface area contributed by atoms with Crippen LogP contribution in [0.1, 0.15) is 12.6 Å². The van der Waals surface area contributed by atoms with Gasteiger partial charge in [-0.1, -0.05) is 30.3 Å². The van der Waals surface area contributed by atoms with Gasteiger partial charge in [-0.05, 0) is 31.2 Å². The Balaban J connectivity index is 1.75. The molecule has 1 aromatic carbocycles. The number of nitrogens with zero attached hydrogens (tertiary/aromatic N) is 4. The molecule has 5 heteroatoms. The normalized spacial score (nSPS) is 11.8. The lowest BCUT2D eigenvalue weighted by Crippen LogP contribution is -2.03. The lowest BCUT2D eigenvalue weighted by atomic mass is 10.1. The Morgan fingerprint density at radius 2 is 1.62 bits per heavy atom. The Kier molecular flexibility index (Phi) is 3.59. The molecule has 0 fully saturated rings. The number of anilines is 1. The van der Waals surface area contributed by atoms with Crippen LogP contribution in [0.2, 0.25) is 0 Å². The molecule has 0 unspecified atom stereocenters. The van der Waals surface area contributed by atoms with Crippen molar-refractivity contribution < 1.29 is 0 Å². The largest absolute Gasteiger partial charge is 0.261 e. The van der Waals surface area contributed by atoms with Crippen LogP contribution in [-0.2, 0) is 0 Å². The third-order valence-electron chi connectivity index (χ3n) is 3.81. The van der Waals surface area contributed by atoms with E-state index in [9.17, 15) is 0 Å². The molecule has 24 heavy (non-hydrogen) atoms. The minimum Gasteiger partial charge on any atom is -0.261 e. The van der Waals surface area contributed by atoms with Gasteiger partial charge in [0.15, 0.2) is 0 Å². The standard InChI is InChI=1S/C19H15N5/c1-13(23-24-17-6-2-3-11-20-17)16-10-9-15-8-7-14-5-4-12-21-18(14)19(15)22-16/h2-12H,1H3,(H,20,24)/b23-13+. The van der Waals surface area contributed by atoms with Gasteiger partial charge in [0.1, 0.15) is 5.82 Å². The zero-order chi connectivity index (χ0) is 16.4. The number of nitrogens with one attached hydrogen (secondary N) is 1. The molecule has 0 bridgehead atoms. The van der Waals surface area contributed by atoms with Crippen LogP contribution in [0.15, 0.2) is 72.1 Å². The van der Waals surface area contributed by atoms with Crippen molar-refractivity contribution in [2.45, 2.75) is 6.92 Å². The lowest BCUT2D eigenvalue weighted by molar-refractivity contribution is 1.21. The Labute approximate surface area is 139 Å². The Morgan fingerprint density at radius 1 is 0.833 bits per heavy atom. The van der Waals surface area contributed by atoms with Crippen molar-refractivity contribution >= 4 is 33.3 Å². The fourth-order valence-electron chi connectivity index (χ4n) is 2.55. The van der Waals surface area contributed by atoms with E-state index in [0.29, 0.717) is 5.82 Å². The van der Waals surface area contributed by atoms with Crippen LogP contribution in [0.5, 0.6) is 0 Å². The predicted molar refractivity (Wildman–Crippen MR) is 97.1 cm³/mol. The van der Waals surface area contributed by atoms with Gasteiger partial charge in [0.05, 0.1) is 22.4 Å². The third kappa shape index (κ3) is 2.67. The summed E-state index contributed by atoms with van der Waals surface area (Å²) >= 11 is 0. The number of aromatic nitrogens is 3. The molecule has 116 valence electrons. The van der Waals surface area contributed by atoms with Crippen molar-refractivity contribution in [2.24, 2.45) is 5.10 Å². The van der Waals surface area contributed by atoms with Crippen LogP contribution in [-0.4, -0.2) is 20.7 Å². The number of hydrogen-bond donors (Lipinski definition) is 1. The summed E-state index contributed by atoms with van der Waals surface area (Å²) in [6.07, 6.45) is 3.51. The van der Waals surface area contributed by atoms with E-state index in [-0.39, 0.29) is 0 Å². The van der Waals surface area contributed by atoms with Crippen LogP contribution in [0.4, 0.5) is 5.82 Å². The SMILES string of the molecule is C/C(=N\Nc1ccccn1)c1ccc2ccc3cccnc3c2n1. The second kappa shape index (κ2) is 6.04. The van der Waals surface area contributed by atoms with E-state index >= 15 is 0 Å². The summed E-state index contributed by atoms with van der Waals surface area (Å²) in [4.78, 5) is 13.4. The van der Waals surface area contributed by atoms with Gasteiger partial charge in [-0.25, -0.2) is 9.97 Å². The highest BCUT2D eigenvalue weighted by molar-refractivity contribution is 6.05. The lowest BCUT2D eigenvalue weighted by Gasteiger charge is -2.06. The molecule has 0 aliphatic rings. The second-order valence-corrected chi connectivity index (χ2v) is 5.43. The highest BCUT2D eigenvalue weighted by Crippen LogP contribution is 2.22. The molecule has 0 amide bonds. The van der Waals surface area contributed by atoms with Gasteiger partial charge in [0.25, 0.3) is 0 Å². The number of hydrazone groups is 1. The molecule has 0 atom stereocenters. The highest BCUT2D eigenvalue weighted by atomic mass is 15.3. The highest BCUT2D eigenvalue weighted by Gasteiger charge is 2.06. The van der Waals surface area contributed by atoms with Gasteiger partial charge in [-0.15, -0.1) is 0 Å². The van der Waals surface area contributed by atoms with E-state index in [1.165, 1.54) is 0 Å². The van der Waals surface area contributed by atoms with E-state index in [2.05, 4.69) is 32.6 Å². The van der Waals surface area contributed by atoms with Gasteiger partial charge in [0, 0.05) is 23.2 Å². The topological polar surface area (TPSA) is 63.1 Å². The first kappa shape index (κ1) is 14.3. The number of pyridine rings is 3. The summed E-state index contributed by atoms with van der Waals surface area (Å²) in [6.45, 7) is 1.92. The van der Waals surface area contributed by atoms with Crippen molar-refractivity contribution in [1.29, 1.82) is 0 Å². The molecule has 0 aliphatic carbocycles. The average molecular weight is 313 g/mol. The first-order valence-electron chi connectivity index (χ1n) is 7.67. The van der Waals surface area contributed by atoms with Crippen molar-refractivity contribution in [1.82, 2.24) is 15.0 Å². The summed E-state index contributed by atoms with van der Waals surface area (Å²) < 4.78 is 0. The Bertz CT molecular complexity index is 1040. The van der Waals surface area contributed by atoms with E-state index in [1.54, 1.807) is 12.4 Å². The number of benzene rings is 1. The maximum atomic E-state index is 4.76. The minimum atomic E-state index is 0.699. The van der Waals surface area contributed by atoms with Crippen LogP contribution >= 0.6 is 0 Å². The maximum absolute atomic E-state index is 4.76. The molecular formula is C19H15N5. The van der Waals surface area contributed by atoms with Crippen molar-refractivity contribution in [2.75, 3.05) is 5.43 Å². The molecule has 0 saturated heterocycles. The molecule has 3 aromatic heterocycles. The average Bonchev–Trinajstić information content (AvgIpc) is 2.66. The molecule has 3 heterocycles. The molecule has 0 spiro atoms. The second-order valence-electron chi connectivity index (χ2n) is 5.43. The summed E-state index contributed by atoms with van der Waals surface area (Å²) in [6, 6.07) is 17.8. The van der Waals surface area contributed by atoms with Crippen LogP contribution in [0.25, 0.3) is 21.8 Å². The smallest absolute Gasteiger partial charge is 0.146 e. The first-order chi connectivity index (χ1) is 11.8. The van der Waals surface area contributed by atoms with Crippen molar-refractivity contribution in [3.8, 4) is 0 Å². The fraction of sp³-hybridized carbons (Fsp3) is 0.0526. The molecule has 5 nitrogen and oxygen atoms in total. The number of rotatable bonds is 3. The summed E-state index contributed by atoms with van der Waals surface area (Å²) in [5.41, 5.74) is 6.34. The molecule has 0 saturated carbocycles. The van der Waals surface area contributed by atoms with Crippen molar-refractivity contribution in [3.63, 3.8) is 0 Å². The van der Waals surface area contributed by atoms with Crippen LogP contribution < -0.4 is 5.43 Å². The summed E-state index contributed by atoms with van der Waals surface area (Å²) in [7, 11) is 0. The van der Waals surface area contributed by atoms with Gasteiger partial charge in [0.2, 0.25) is 0 Å². The quantitative estimate of drug-likeness (QED) is 0.352. The fourth-order valence-corrected chi connectivity index (χ4v) is 2.55. The predicted octanol–water partition coefficient (Wildman–Crippen LogP) is 4.01. The van der Waals surface area contributed by atoms with E-state index in [1.807, 2.05) is 49.4 Å². The zero-order valence-corrected chi connectivity index (χ0v) is 13.1. The van der Waals surface area contributed by atoms with Gasteiger partial charge in [-0.3, -0.25) is 10.4 Å². The maximum Gasteiger partial charge on any atom is 0.146 e. The number of fused-ring (bicyclic) bond motifs is 3. The molecule has 4 rings (SSSR count).